The highest BCUT2D eigenvalue weighted by molar-refractivity contribution is 5.71. The Morgan fingerprint density at radius 3 is 2.46 bits per heavy atom. The number of rotatable bonds is 3. The fraction of sp³-hybridized carbons (Fsp3) is 0.571. The topological polar surface area (TPSA) is 52.3 Å². The van der Waals surface area contributed by atoms with Gasteiger partial charge in [-0.05, 0) is 13.0 Å². The van der Waals surface area contributed by atoms with E-state index in [9.17, 15) is 18.0 Å². The molecule has 0 spiro atoms. The Morgan fingerprint density at radius 1 is 1.54 bits per heavy atom. The maximum absolute atomic E-state index is 11.7. The molecule has 0 amide bonds. The van der Waals surface area contributed by atoms with Crippen molar-refractivity contribution in [1.82, 2.24) is 0 Å². The molecule has 0 aromatic rings. The van der Waals surface area contributed by atoms with Crippen LogP contribution in [0.2, 0.25) is 0 Å². The molecule has 0 aromatic carbocycles. The zero-order chi connectivity index (χ0) is 10.5. The summed E-state index contributed by atoms with van der Waals surface area (Å²) in [5.74, 6) is -0.727. The molecule has 0 aliphatic heterocycles. The number of hydrogen-bond donors (Lipinski definition) is 1. The third-order valence-corrected chi connectivity index (χ3v) is 1.12. The fourth-order valence-corrected chi connectivity index (χ4v) is 0.529. The maximum atomic E-state index is 11.7. The molecule has 0 radical (unpaired) electrons. The second kappa shape index (κ2) is 4.74. The molecule has 3 nitrogen and oxygen atoms in total. The second-order valence-electron chi connectivity index (χ2n) is 2.17. The van der Waals surface area contributed by atoms with Gasteiger partial charge in [-0.25, -0.2) is 0 Å². The highest BCUT2D eigenvalue weighted by Gasteiger charge is 2.31. The molecular formula is C7H10F3NO2. The molecule has 0 heterocycles. The summed E-state index contributed by atoms with van der Waals surface area (Å²) < 4.78 is 39.6. The van der Waals surface area contributed by atoms with Crippen LogP contribution in [-0.4, -0.2) is 18.8 Å². The van der Waals surface area contributed by atoms with Crippen molar-refractivity contribution in [3.05, 3.63) is 11.8 Å². The van der Waals surface area contributed by atoms with E-state index in [1.165, 1.54) is 0 Å². The molecule has 0 rings (SSSR count). The van der Waals surface area contributed by atoms with Crippen molar-refractivity contribution < 1.29 is 22.7 Å². The molecule has 0 aliphatic rings. The maximum Gasteiger partial charge on any atom is 0.430 e. The van der Waals surface area contributed by atoms with Crippen molar-refractivity contribution >= 4 is 5.97 Å². The predicted molar refractivity (Wildman–Crippen MR) is 39.6 cm³/mol. The number of hydrogen-bond acceptors (Lipinski definition) is 3. The van der Waals surface area contributed by atoms with Crippen molar-refractivity contribution in [2.45, 2.75) is 19.5 Å². The van der Waals surface area contributed by atoms with Crippen LogP contribution in [-0.2, 0) is 9.53 Å². The van der Waals surface area contributed by atoms with Crippen LogP contribution in [0.4, 0.5) is 13.2 Å². The Bertz CT molecular complexity index is 210. The Kier molecular flexibility index (Phi) is 4.30. The quantitative estimate of drug-likeness (QED) is 0.694. The first-order valence-electron chi connectivity index (χ1n) is 3.56. The van der Waals surface area contributed by atoms with E-state index in [1.807, 2.05) is 0 Å². The smallest absolute Gasteiger partial charge is 0.430 e. The van der Waals surface area contributed by atoms with Gasteiger partial charge in [0, 0.05) is 0 Å². The largest absolute Gasteiger partial charge is 0.466 e. The van der Waals surface area contributed by atoms with E-state index < -0.39 is 24.3 Å². The van der Waals surface area contributed by atoms with E-state index in [-0.39, 0.29) is 6.61 Å². The van der Waals surface area contributed by atoms with E-state index in [0.29, 0.717) is 6.08 Å². The SMILES string of the molecule is CCOC(=O)C/C=C(\N)C(F)(F)F. The van der Waals surface area contributed by atoms with E-state index in [4.69, 9.17) is 0 Å². The Labute approximate surface area is 73.4 Å². The summed E-state index contributed by atoms with van der Waals surface area (Å²) in [5, 5.41) is 0. The minimum atomic E-state index is -4.58. The number of allylic oxidation sites excluding steroid dienone is 1. The van der Waals surface area contributed by atoms with E-state index in [2.05, 4.69) is 10.5 Å². The normalized spacial score (nSPS) is 12.8. The van der Waals surface area contributed by atoms with Gasteiger partial charge in [0.1, 0.15) is 5.70 Å². The number of carbonyl (C=O) groups excluding carboxylic acids is 1. The second-order valence-corrected chi connectivity index (χ2v) is 2.17. The molecule has 13 heavy (non-hydrogen) atoms. The number of halogens is 3. The molecule has 0 bridgehead atoms. The van der Waals surface area contributed by atoms with Crippen LogP contribution in [0.25, 0.3) is 0 Å². The first-order chi connectivity index (χ1) is 5.88. The minimum absolute atomic E-state index is 0.137. The van der Waals surface area contributed by atoms with Gasteiger partial charge >= 0.3 is 12.1 Å². The Balaban J connectivity index is 4.05. The number of ether oxygens (including phenoxy) is 1. The molecule has 0 saturated carbocycles. The van der Waals surface area contributed by atoms with Gasteiger partial charge in [-0.2, -0.15) is 13.2 Å². The summed E-state index contributed by atoms with van der Waals surface area (Å²) in [6, 6.07) is 0. The van der Waals surface area contributed by atoms with E-state index >= 15 is 0 Å². The average Bonchev–Trinajstić information content (AvgIpc) is 1.99. The summed E-state index contributed by atoms with van der Waals surface area (Å²) in [4.78, 5) is 10.6. The van der Waals surface area contributed by atoms with Crippen molar-refractivity contribution in [3.8, 4) is 0 Å². The first-order valence-corrected chi connectivity index (χ1v) is 3.56. The lowest BCUT2D eigenvalue weighted by Gasteiger charge is -2.05. The highest BCUT2D eigenvalue weighted by atomic mass is 19.4. The standard InChI is InChI=1S/C7H10F3NO2/c1-2-13-6(12)4-3-5(11)7(8,9)10/h3H,2,4,11H2,1H3/b5-3-. The van der Waals surface area contributed by atoms with Gasteiger partial charge in [-0.1, -0.05) is 0 Å². The molecule has 2 N–H and O–H groups in total. The van der Waals surface area contributed by atoms with Crippen LogP contribution in [0, 0.1) is 0 Å². The monoisotopic (exact) mass is 197 g/mol. The lowest BCUT2D eigenvalue weighted by Crippen LogP contribution is -2.19. The van der Waals surface area contributed by atoms with Crippen LogP contribution in [0.15, 0.2) is 11.8 Å². The van der Waals surface area contributed by atoms with Gasteiger partial charge in [0.25, 0.3) is 0 Å². The zero-order valence-corrected chi connectivity index (χ0v) is 7.02. The Morgan fingerprint density at radius 2 is 2.08 bits per heavy atom. The summed E-state index contributed by atoms with van der Waals surface area (Å²) in [6.45, 7) is 1.70. The summed E-state index contributed by atoms with van der Waals surface area (Å²) in [6.07, 6.45) is -4.44. The molecular weight excluding hydrogens is 187 g/mol. The predicted octanol–water partition coefficient (Wildman–Crippen LogP) is 1.34. The van der Waals surface area contributed by atoms with Gasteiger partial charge in [0.2, 0.25) is 0 Å². The minimum Gasteiger partial charge on any atom is -0.466 e. The number of carbonyl (C=O) groups is 1. The molecule has 0 fully saturated rings. The van der Waals surface area contributed by atoms with Gasteiger partial charge in [-0.3, -0.25) is 4.79 Å². The van der Waals surface area contributed by atoms with Gasteiger partial charge < -0.3 is 10.5 Å². The molecule has 6 heteroatoms. The first kappa shape index (κ1) is 11.8. The van der Waals surface area contributed by atoms with Crippen LogP contribution in [0.3, 0.4) is 0 Å². The van der Waals surface area contributed by atoms with E-state index in [1.54, 1.807) is 6.92 Å². The molecule has 0 saturated heterocycles. The lowest BCUT2D eigenvalue weighted by atomic mass is 10.3. The van der Waals surface area contributed by atoms with Gasteiger partial charge in [-0.15, -0.1) is 0 Å². The number of nitrogens with two attached hydrogens (primary N) is 1. The van der Waals surface area contributed by atoms with Crippen LogP contribution >= 0.6 is 0 Å². The van der Waals surface area contributed by atoms with Crippen molar-refractivity contribution in [3.63, 3.8) is 0 Å². The lowest BCUT2D eigenvalue weighted by molar-refractivity contribution is -0.142. The third kappa shape index (κ3) is 5.10. The molecule has 0 unspecified atom stereocenters. The molecule has 76 valence electrons. The molecule has 0 atom stereocenters. The van der Waals surface area contributed by atoms with Crippen molar-refractivity contribution in [2.75, 3.05) is 6.61 Å². The third-order valence-electron chi connectivity index (χ3n) is 1.12. The van der Waals surface area contributed by atoms with Crippen LogP contribution < -0.4 is 5.73 Å². The summed E-state index contributed by atoms with van der Waals surface area (Å²) in [5.41, 5.74) is 3.35. The van der Waals surface area contributed by atoms with Crippen LogP contribution in [0.5, 0.6) is 0 Å². The number of alkyl halides is 3. The van der Waals surface area contributed by atoms with Crippen molar-refractivity contribution in [2.24, 2.45) is 5.73 Å². The van der Waals surface area contributed by atoms with E-state index in [0.717, 1.165) is 0 Å². The van der Waals surface area contributed by atoms with Gasteiger partial charge in [0.15, 0.2) is 0 Å². The van der Waals surface area contributed by atoms with Crippen LogP contribution in [0.1, 0.15) is 13.3 Å². The number of esters is 1. The summed E-state index contributed by atoms with van der Waals surface area (Å²) >= 11 is 0. The Hall–Kier alpha value is -1.20. The fourth-order valence-electron chi connectivity index (χ4n) is 0.529. The van der Waals surface area contributed by atoms with Gasteiger partial charge in [0.05, 0.1) is 13.0 Å². The molecule has 0 aliphatic carbocycles. The average molecular weight is 197 g/mol. The zero-order valence-electron chi connectivity index (χ0n) is 7.02. The highest BCUT2D eigenvalue weighted by Crippen LogP contribution is 2.21. The van der Waals surface area contributed by atoms with Crippen molar-refractivity contribution in [1.29, 1.82) is 0 Å². The molecule has 0 aromatic heterocycles. The summed E-state index contributed by atoms with van der Waals surface area (Å²) in [7, 11) is 0.